The normalized spacial score (nSPS) is 23.8. The number of hydrogen-bond donors (Lipinski definition) is 0. The first-order chi connectivity index (χ1) is 3.86. The van der Waals surface area contributed by atoms with Crippen LogP contribution in [0.15, 0.2) is 23.3 Å². The molecular formula is C7H6O. The summed E-state index contributed by atoms with van der Waals surface area (Å²) < 4.78 is 0. The maximum Gasteiger partial charge on any atom is 0.159 e. The molecule has 0 spiro atoms. The van der Waals surface area contributed by atoms with Crippen LogP contribution < -0.4 is 0 Å². The van der Waals surface area contributed by atoms with E-state index >= 15 is 0 Å². The first-order valence-electron chi connectivity index (χ1n) is 2.79. The highest BCUT2D eigenvalue weighted by molar-refractivity contribution is 5.95. The van der Waals surface area contributed by atoms with E-state index in [1.807, 2.05) is 6.08 Å². The van der Waals surface area contributed by atoms with Crippen molar-refractivity contribution < 1.29 is 4.79 Å². The van der Waals surface area contributed by atoms with Crippen LogP contribution in [0.1, 0.15) is 12.8 Å². The summed E-state index contributed by atoms with van der Waals surface area (Å²) in [6, 6.07) is 0. The summed E-state index contributed by atoms with van der Waals surface area (Å²) in [7, 11) is 0. The molecule has 0 heterocycles. The Labute approximate surface area is 47.7 Å². The van der Waals surface area contributed by atoms with Gasteiger partial charge < -0.3 is 0 Å². The van der Waals surface area contributed by atoms with Gasteiger partial charge in [0.1, 0.15) is 0 Å². The van der Waals surface area contributed by atoms with Crippen molar-refractivity contribution in [3.63, 3.8) is 0 Å². The fraction of sp³-hybridized carbons (Fsp3) is 0.286. The Bertz CT molecular complexity index is 208. The van der Waals surface area contributed by atoms with Crippen molar-refractivity contribution in [1.82, 2.24) is 0 Å². The van der Waals surface area contributed by atoms with Gasteiger partial charge in [0.2, 0.25) is 0 Å². The lowest BCUT2D eigenvalue weighted by molar-refractivity contribution is -0.113. The molecule has 8 heavy (non-hydrogen) atoms. The minimum absolute atomic E-state index is 0.265. The third kappa shape index (κ3) is 0.443. The van der Waals surface area contributed by atoms with Gasteiger partial charge in [-0.15, -0.1) is 0 Å². The molecule has 0 bridgehead atoms. The maximum atomic E-state index is 10.6. The first kappa shape index (κ1) is 4.07. The minimum atomic E-state index is 0.265. The summed E-state index contributed by atoms with van der Waals surface area (Å²) in [5.74, 6) is 0.265. The van der Waals surface area contributed by atoms with Gasteiger partial charge in [-0.25, -0.2) is 0 Å². The predicted molar refractivity (Wildman–Crippen MR) is 30.4 cm³/mol. The lowest BCUT2D eigenvalue weighted by Crippen LogP contribution is -1.90. The predicted octanol–water partition coefficient (Wildman–Crippen LogP) is 1.22. The van der Waals surface area contributed by atoms with Crippen LogP contribution in [0.4, 0.5) is 0 Å². The van der Waals surface area contributed by atoms with Crippen molar-refractivity contribution in [2.75, 3.05) is 0 Å². The number of fused-ring (bicyclic) bond motifs is 1. The van der Waals surface area contributed by atoms with E-state index < -0.39 is 0 Å². The number of allylic oxidation sites excluding steroid dienone is 4. The van der Waals surface area contributed by atoms with E-state index in [0.717, 1.165) is 6.42 Å². The fourth-order valence-corrected chi connectivity index (χ4v) is 0.985. The largest absolute Gasteiger partial charge is 0.294 e. The number of rotatable bonds is 0. The van der Waals surface area contributed by atoms with Crippen LogP contribution in [0, 0.1) is 0 Å². The second-order valence-electron chi connectivity index (χ2n) is 2.25. The molecule has 0 aliphatic heterocycles. The highest BCUT2D eigenvalue weighted by Gasteiger charge is 2.24. The molecular weight excluding hydrogens is 100 g/mol. The van der Waals surface area contributed by atoms with Gasteiger partial charge in [0.25, 0.3) is 0 Å². The molecule has 0 atom stereocenters. The van der Waals surface area contributed by atoms with Gasteiger partial charge in [0, 0.05) is 6.42 Å². The molecule has 1 nitrogen and oxygen atoms in total. The molecule has 0 aromatic carbocycles. The lowest BCUT2D eigenvalue weighted by Gasteiger charge is -1.88. The third-order valence-corrected chi connectivity index (χ3v) is 1.55. The first-order valence-corrected chi connectivity index (χ1v) is 2.79. The quantitative estimate of drug-likeness (QED) is 0.453. The smallest absolute Gasteiger partial charge is 0.159 e. The monoisotopic (exact) mass is 106 g/mol. The number of hydrogen-bond acceptors (Lipinski definition) is 1. The van der Waals surface area contributed by atoms with Crippen LogP contribution in [0.25, 0.3) is 0 Å². The standard InChI is InChI=1S/C7H6O/c8-7-2-1-5-3-6(5)4-7/h1,4H,2-3H2. The molecule has 1 heteroatoms. The van der Waals surface area contributed by atoms with E-state index in [0.29, 0.717) is 6.42 Å². The molecule has 2 aliphatic rings. The van der Waals surface area contributed by atoms with Gasteiger partial charge in [-0.2, -0.15) is 0 Å². The highest BCUT2D eigenvalue weighted by atomic mass is 16.1. The average molecular weight is 106 g/mol. The van der Waals surface area contributed by atoms with E-state index in [4.69, 9.17) is 0 Å². The Balaban J connectivity index is 2.42. The molecule has 2 aliphatic carbocycles. The number of carbonyl (C=O) groups excluding carboxylic acids is 1. The van der Waals surface area contributed by atoms with Gasteiger partial charge in [0.15, 0.2) is 5.78 Å². The molecule has 0 aromatic heterocycles. The van der Waals surface area contributed by atoms with E-state index in [1.165, 1.54) is 11.1 Å². The van der Waals surface area contributed by atoms with E-state index in [9.17, 15) is 4.79 Å². The molecule has 0 saturated heterocycles. The van der Waals surface area contributed by atoms with Crippen molar-refractivity contribution in [2.45, 2.75) is 12.8 Å². The van der Waals surface area contributed by atoms with E-state index in [2.05, 4.69) is 0 Å². The number of ketones is 1. The molecule has 0 aromatic rings. The van der Waals surface area contributed by atoms with E-state index in [1.54, 1.807) is 6.08 Å². The molecule has 1 fully saturated rings. The Morgan fingerprint density at radius 2 is 2.25 bits per heavy atom. The third-order valence-electron chi connectivity index (χ3n) is 1.55. The summed E-state index contributed by atoms with van der Waals surface area (Å²) in [6.07, 6.45) is 5.50. The summed E-state index contributed by atoms with van der Waals surface area (Å²) >= 11 is 0. The van der Waals surface area contributed by atoms with E-state index in [-0.39, 0.29) is 5.78 Å². The summed E-state index contributed by atoms with van der Waals surface area (Å²) in [5, 5.41) is 0. The van der Waals surface area contributed by atoms with Crippen molar-refractivity contribution in [1.29, 1.82) is 0 Å². The van der Waals surface area contributed by atoms with Crippen LogP contribution in [0.5, 0.6) is 0 Å². The summed E-state index contributed by atoms with van der Waals surface area (Å²) in [4.78, 5) is 10.6. The maximum absolute atomic E-state index is 10.6. The van der Waals surface area contributed by atoms with Crippen molar-refractivity contribution >= 4 is 5.78 Å². The SMILES string of the molecule is O=C1C=C2CC2=CC1. The average Bonchev–Trinajstić information content (AvgIpc) is 2.43. The fourth-order valence-electron chi connectivity index (χ4n) is 0.985. The molecule has 0 N–H and O–H groups in total. The zero-order chi connectivity index (χ0) is 5.56. The Morgan fingerprint density at radius 3 is 2.88 bits per heavy atom. The second-order valence-corrected chi connectivity index (χ2v) is 2.25. The molecule has 1 saturated carbocycles. The van der Waals surface area contributed by atoms with Crippen LogP contribution in [0.2, 0.25) is 0 Å². The Kier molecular flexibility index (Phi) is 0.562. The minimum Gasteiger partial charge on any atom is -0.294 e. The second kappa shape index (κ2) is 1.10. The van der Waals surface area contributed by atoms with Crippen molar-refractivity contribution in [3.8, 4) is 0 Å². The molecule has 2 rings (SSSR count). The van der Waals surface area contributed by atoms with Crippen molar-refractivity contribution in [2.24, 2.45) is 0 Å². The topological polar surface area (TPSA) is 17.1 Å². The molecule has 0 radical (unpaired) electrons. The Morgan fingerprint density at radius 1 is 1.38 bits per heavy atom. The lowest BCUT2D eigenvalue weighted by atomic mass is 10.2. The molecule has 0 unspecified atom stereocenters. The van der Waals surface area contributed by atoms with Crippen molar-refractivity contribution in [3.05, 3.63) is 23.3 Å². The molecule has 0 amide bonds. The zero-order valence-corrected chi connectivity index (χ0v) is 4.48. The highest BCUT2D eigenvalue weighted by Crippen LogP contribution is 2.39. The van der Waals surface area contributed by atoms with Gasteiger partial charge >= 0.3 is 0 Å². The van der Waals surface area contributed by atoms with Gasteiger partial charge in [0.05, 0.1) is 0 Å². The van der Waals surface area contributed by atoms with Crippen LogP contribution in [-0.4, -0.2) is 5.78 Å². The van der Waals surface area contributed by atoms with Crippen LogP contribution >= 0.6 is 0 Å². The molecule has 40 valence electrons. The zero-order valence-electron chi connectivity index (χ0n) is 4.48. The van der Waals surface area contributed by atoms with Gasteiger partial charge in [-0.1, -0.05) is 6.08 Å². The summed E-state index contributed by atoms with van der Waals surface area (Å²) in [6.45, 7) is 0. The summed E-state index contributed by atoms with van der Waals surface area (Å²) in [5.41, 5.74) is 2.66. The van der Waals surface area contributed by atoms with Gasteiger partial charge in [-0.05, 0) is 23.6 Å². The Hall–Kier alpha value is -0.850. The van der Waals surface area contributed by atoms with Gasteiger partial charge in [-0.3, -0.25) is 4.79 Å². The van der Waals surface area contributed by atoms with Crippen LogP contribution in [-0.2, 0) is 4.79 Å². The van der Waals surface area contributed by atoms with Crippen LogP contribution in [0.3, 0.4) is 0 Å². The number of carbonyl (C=O) groups is 1.